The van der Waals surface area contributed by atoms with Gasteiger partial charge in [0.05, 0.1) is 34.4 Å². The van der Waals surface area contributed by atoms with Crippen LogP contribution in [0.2, 0.25) is 0 Å². The lowest BCUT2D eigenvalue weighted by molar-refractivity contribution is -0.870. The van der Waals surface area contributed by atoms with Crippen LogP contribution in [0.1, 0.15) is 206 Å². The summed E-state index contributed by atoms with van der Waals surface area (Å²) < 4.78 is 34.6. The third-order valence-corrected chi connectivity index (χ3v) is 11.2. The number of rotatable bonds is 44. The summed E-state index contributed by atoms with van der Waals surface area (Å²) in [5.41, 5.74) is 0. The number of esters is 1. The van der Waals surface area contributed by atoms with E-state index in [1.54, 1.807) is 0 Å². The van der Waals surface area contributed by atoms with Crippen molar-refractivity contribution in [1.82, 2.24) is 0 Å². The molecule has 0 saturated carbocycles. The molecule has 0 aliphatic heterocycles. The number of allylic oxidation sites excluding steroid dienone is 6. The summed E-state index contributed by atoms with van der Waals surface area (Å²) in [6.07, 6.45) is 48.7. The Morgan fingerprint density at radius 2 is 0.965 bits per heavy atom. The number of carbonyl (C=O) groups is 1. The van der Waals surface area contributed by atoms with E-state index in [2.05, 4.69) is 50.3 Å². The van der Waals surface area contributed by atoms with Gasteiger partial charge in [-0.2, -0.15) is 0 Å². The van der Waals surface area contributed by atoms with Gasteiger partial charge in [0.25, 0.3) is 7.82 Å². The van der Waals surface area contributed by atoms with Crippen LogP contribution in [0.5, 0.6) is 0 Å². The number of phosphoric ester groups is 1. The van der Waals surface area contributed by atoms with Crippen LogP contribution in [-0.4, -0.2) is 70.7 Å². The van der Waals surface area contributed by atoms with Crippen LogP contribution in [0.4, 0.5) is 0 Å². The molecule has 0 aromatic heterocycles. The maximum atomic E-state index is 12.7. The van der Waals surface area contributed by atoms with Gasteiger partial charge in [-0.15, -0.1) is 0 Å². The van der Waals surface area contributed by atoms with Gasteiger partial charge in [0.1, 0.15) is 19.3 Å². The number of hydrogen-bond acceptors (Lipinski definition) is 7. The minimum atomic E-state index is -4.53. The molecule has 0 fully saturated rings. The van der Waals surface area contributed by atoms with Gasteiger partial charge in [-0.25, -0.2) is 0 Å². The monoisotopic (exact) mass is 826 g/mol. The molecule has 0 rings (SSSR count). The average molecular weight is 826 g/mol. The second kappa shape index (κ2) is 41.5. The number of ether oxygens (including phenoxy) is 2. The lowest BCUT2D eigenvalue weighted by Crippen LogP contribution is -2.37. The molecular formula is C48H92NO7P. The van der Waals surface area contributed by atoms with Gasteiger partial charge in [0.15, 0.2) is 0 Å². The quantitative estimate of drug-likeness (QED) is 0.0198. The normalized spacial score (nSPS) is 14.0. The van der Waals surface area contributed by atoms with Gasteiger partial charge in [-0.05, 0) is 51.4 Å². The Morgan fingerprint density at radius 3 is 1.44 bits per heavy atom. The third-order valence-electron chi connectivity index (χ3n) is 10.2. The molecule has 0 amide bonds. The highest BCUT2D eigenvalue weighted by molar-refractivity contribution is 7.45. The molecule has 9 heteroatoms. The van der Waals surface area contributed by atoms with E-state index in [1.807, 2.05) is 21.1 Å². The minimum absolute atomic E-state index is 0.0241. The first-order valence-corrected chi connectivity index (χ1v) is 25.2. The number of phosphoric acid groups is 1. The van der Waals surface area contributed by atoms with Crippen molar-refractivity contribution in [3.05, 3.63) is 36.5 Å². The summed E-state index contributed by atoms with van der Waals surface area (Å²) in [4.78, 5) is 25.1. The molecule has 0 aromatic carbocycles. The first-order chi connectivity index (χ1) is 27.6. The number of nitrogens with zero attached hydrogens (tertiary/aromatic N) is 1. The molecule has 0 aliphatic rings. The SMILES string of the molecule is CCCCCCC/C=C\C/C=C\C/C=C\CCCCCCCCC(=O)OC(COCCCCCCCCCCCCCCCC)COP(=O)([O-])OCC[N+](C)(C)C. The van der Waals surface area contributed by atoms with Crippen LogP contribution in [-0.2, 0) is 27.9 Å². The topological polar surface area (TPSA) is 94.1 Å². The van der Waals surface area contributed by atoms with Crippen molar-refractivity contribution < 1.29 is 37.3 Å². The lowest BCUT2D eigenvalue weighted by Gasteiger charge is -2.28. The van der Waals surface area contributed by atoms with Gasteiger partial charge in [0.2, 0.25) is 0 Å². The standard InChI is InChI=1S/C48H92NO7P/c1-6-8-10-12-14-16-18-20-22-23-24-25-26-27-28-29-31-33-35-37-39-41-48(50)56-47(46-55-57(51,52)54-44-42-49(3,4)5)45-53-43-40-38-36-34-32-30-21-19-17-15-13-11-9-7-2/h18,20,23-24,26-27,47H,6-17,19,21-22,25,28-46H2,1-5H3/b20-18-,24-23-,27-26-. The number of unbranched alkanes of at least 4 members (excludes halogenated alkanes) is 24. The van der Waals surface area contributed by atoms with Crippen LogP contribution in [0.15, 0.2) is 36.5 Å². The molecular weight excluding hydrogens is 734 g/mol. The Labute approximate surface area is 353 Å². The summed E-state index contributed by atoms with van der Waals surface area (Å²) in [5.74, 6) is -0.344. The Morgan fingerprint density at radius 1 is 0.544 bits per heavy atom. The van der Waals surface area contributed by atoms with Crippen molar-refractivity contribution in [1.29, 1.82) is 0 Å². The lowest BCUT2D eigenvalue weighted by atomic mass is 10.0. The second-order valence-electron chi connectivity index (χ2n) is 17.1. The fourth-order valence-electron chi connectivity index (χ4n) is 6.49. The molecule has 57 heavy (non-hydrogen) atoms. The average Bonchev–Trinajstić information content (AvgIpc) is 3.16. The predicted octanol–water partition coefficient (Wildman–Crippen LogP) is 13.5. The first kappa shape index (κ1) is 55.7. The van der Waals surface area contributed by atoms with E-state index >= 15 is 0 Å². The highest BCUT2D eigenvalue weighted by Crippen LogP contribution is 2.38. The second-order valence-corrected chi connectivity index (χ2v) is 18.5. The van der Waals surface area contributed by atoms with Crippen molar-refractivity contribution in [3.8, 4) is 0 Å². The predicted molar refractivity (Wildman–Crippen MR) is 240 cm³/mol. The summed E-state index contributed by atoms with van der Waals surface area (Å²) in [6.45, 7) is 5.41. The van der Waals surface area contributed by atoms with Crippen molar-refractivity contribution in [3.63, 3.8) is 0 Å². The van der Waals surface area contributed by atoms with Crippen LogP contribution in [0.3, 0.4) is 0 Å². The first-order valence-electron chi connectivity index (χ1n) is 23.7. The molecule has 0 spiro atoms. The summed E-state index contributed by atoms with van der Waals surface area (Å²) in [5, 5.41) is 0. The smallest absolute Gasteiger partial charge is 0.306 e. The molecule has 0 aromatic rings. The van der Waals surface area contributed by atoms with Gasteiger partial charge in [-0.3, -0.25) is 9.36 Å². The van der Waals surface area contributed by atoms with E-state index in [1.165, 1.54) is 128 Å². The zero-order valence-electron chi connectivity index (χ0n) is 38.0. The summed E-state index contributed by atoms with van der Waals surface area (Å²) in [6, 6.07) is 0. The maximum absolute atomic E-state index is 12.7. The fraction of sp³-hybridized carbons (Fsp3) is 0.854. The molecule has 0 bridgehead atoms. The Hall–Kier alpha value is -1.28. The fourth-order valence-corrected chi connectivity index (χ4v) is 7.22. The van der Waals surface area contributed by atoms with Gasteiger partial charge in [0, 0.05) is 13.0 Å². The zero-order valence-corrected chi connectivity index (χ0v) is 38.9. The van der Waals surface area contributed by atoms with Crippen LogP contribution < -0.4 is 4.89 Å². The molecule has 0 heterocycles. The summed E-state index contributed by atoms with van der Waals surface area (Å²) in [7, 11) is 1.35. The largest absolute Gasteiger partial charge is 0.756 e. The number of quaternary nitrogens is 1. The highest BCUT2D eigenvalue weighted by atomic mass is 31.2. The molecule has 2 unspecified atom stereocenters. The van der Waals surface area contributed by atoms with Crippen molar-refractivity contribution in [2.75, 3.05) is 54.1 Å². The van der Waals surface area contributed by atoms with E-state index < -0.39 is 13.9 Å². The van der Waals surface area contributed by atoms with E-state index in [0.29, 0.717) is 24.1 Å². The molecule has 0 radical (unpaired) electrons. The van der Waals surface area contributed by atoms with Gasteiger partial charge >= 0.3 is 5.97 Å². The van der Waals surface area contributed by atoms with Crippen LogP contribution in [0, 0.1) is 0 Å². The van der Waals surface area contributed by atoms with Crippen molar-refractivity contribution in [2.24, 2.45) is 0 Å². The Bertz CT molecular complexity index is 1010. The highest BCUT2D eigenvalue weighted by Gasteiger charge is 2.20. The van der Waals surface area contributed by atoms with Crippen molar-refractivity contribution in [2.45, 2.75) is 213 Å². The molecule has 0 N–H and O–H groups in total. The number of likely N-dealkylation sites (N-methyl/N-ethyl adjacent to an activating group) is 1. The molecule has 0 aliphatic carbocycles. The van der Waals surface area contributed by atoms with Crippen LogP contribution in [0.25, 0.3) is 0 Å². The zero-order chi connectivity index (χ0) is 42.0. The summed E-state index contributed by atoms with van der Waals surface area (Å²) >= 11 is 0. The Balaban J connectivity index is 4.20. The minimum Gasteiger partial charge on any atom is -0.756 e. The third kappa shape index (κ3) is 45.7. The molecule has 2 atom stereocenters. The van der Waals surface area contributed by atoms with Gasteiger partial charge < -0.3 is 27.9 Å². The van der Waals surface area contributed by atoms with Crippen molar-refractivity contribution >= 4 is 13.8 Å². The van der Waals surface area contributed by atoms with Gasteiger partial charge in [-0.1, -0.05) is 185 Å². The van der Waals surface area contributed by atoms with Crippen LogP contribution >= 0.6 is 7.82 Å². The van der Waals surface area contributed by atoms with E-state index in [-0.39, 0.29) is 25.8 Å². The maximum Gasteiger partial charge on any atom is 0.306 e. The molecule has 336 valence electrons. The Kier molecular flexibility index (Phi) is 40.5. The van der Waals surface area contributed by atoms with E-state index in [4.69, 9.17) is 18.5 Å². The van der Waals surface area contributed by atoms with E-state index in [0.717, 1.165) is 57.8 Å². The molecule has 8 nitrogen and oxygen atoms in total. The number of carbonyl (C=O) groups excluding carboxylic acids is 1. The molecule has 0 saturated heterocycles. The number of hydrogen-bond donors (Lipinski definition) is 0. The van der Waals surface area contributed by atoms with E-state index in [9.17, 15) is 14.3 Å².